The van der Waals surface area contributed by atoms with Crippen LogP contribution >= 0.6 is 11.6 Å². The third-order valence-electron chi connectivity index (χ3n) is 11.0. The molecule has 0 aliphatic heterocycles. The standard InChI is InChI=1S/C25H26FN7O2.C17H14ClFN4O2.CH4.Pd.3Y/c1-11-19(12(2)35-31-11)21-17(34-6)9-15-20-24(29-23(15)22(21)26)27-13(3)28-25(20)32(4)18-10-16(14-7-8-14)30-33(18)5;1-6-11(7(2)25-23-6)13-10(24-4)5-9-12-16(18)20-8(3)21-17(12)22-15(9)14(13)19;;;;;/h9-10,14H,7-8H2,1-6H3,(H,27,28,29);5H,1-4H3,(H,20,21,22);1H4;;;;. The van der Waals surface area contributed by atoms with Crippen LogP contribution in [0.2, 0.25) is 5.15 Å². The third kappa shape index (κ3) is 9.56. The molecule has 7 aromatic heterocycles. The average Bonchev–Trinajstić information content (AvgIpc) is 3.39. The van der Waals surface area contributed by atoms with Gasteiger partial charge in [0.05, 0.1) is 75.4 Å². The van der Waals surface area contributed by atoms with Gasteiger partial charge in [-0.3, -0.25) is 4.68 Å². The van der Waals surface area contributed by atoms with Gasteiger partial charge in [-0.1, -0.05) is 29.3 Å². The van der Waals surface area contributed by atoms with Crippen LogP contribution in [-0.4, -0.2) is 71.3 Å². The van der Waals surface area contributed by atoms with E-state index in [-0.39, 0.29) is 137 Å². The Hall–Kier alpha value is -2.65. The van der Waals surface area contributed by atoms with Crippen LogP contribution in [0.25, 0.3) is 66.1 Å². The van der Waals surface area contributed by atoms with E-state index < -0.39 is 11.6 Å². The molecule has 15 nitrogen and oxygen atoms in total. The molecule has 3 radical (unpaired) electrons. The Labute approximate surface area is 467 Å². The van der Waals surface area contributed by atoms with Crippen molar-refractivity contribution in [2.24, 2.45) is 7.05 Å². The van der Waals surface area contributed by atoms with Crippen molar-refractivity contribution in [2.75, 3.05) is 26.2 Å². The first-order valence-electron chi connectivity index (χ1n) is 19.1. The number of hydrogen-bond donors (Lipinski definition) is 2. The van der Waals surface area contributed by atoms with Crippen LogP contribution in [0.15, 0.2) is 27.2 Å². The summed E-state index contributed by atoms with van der Waals surface area (Å²) in [6.45, 7) is 10.6. The summed E-state index contributed by atoms with van der Waals surface area (Å²) in [6.07, 6.45) is 2.35. The maximum absolute atomic E-state index is 16.1. The Kier molecular flexibility index (Phi) is 18.0. The van der Waals surface area contributed by atoms with Gasteiger partial charge in [0, 0.05) is 155 Å². The number of nitrogens with zero attached hydrogens (tertiary/aromatic N) is 9. The fourth-order valence-corrected chi connectivity index (χ4v) is 8.40. The average molecular weight is 1230 g/mol. The van der Waals surface area contributed by atoms with Crippen LogP contribution in [0.5, 0.6) is 11.5 Å². The van der Waals surface area contributed by atoms with Gasteiger partial charge in [0.15, 0.2) is 11.6 Å². The number of aromatic amines is 2. The predicted molar refractivity (Wildman–Crippen MR) is 230 cm³/mol. The van der Waals surface area contributed by atoms with Crippen molar-refractivity contribution in [3.63, 3.8) is 0 Å². The number of rotatable bonds is 7. The van der Waals surface area contributed by atoms with E-state index in [0.717, 1.165) is 11.5 Å². The Bertz CT molecular complexity index is 3180. The van der Waals surface area contributed by atoms with Crippen molar-refractivity contribution < 1.29 is 146 Å². The molecular formula is C43H44ClF2N11O4PdY3. The zero-order chi connectivity index (χ0) is 42.5. The number of methoxy groups -OCH3 is 2. The van der Waals surface area contributed by atoms with Crippen molar-refractivity contribution in [3.05, 3.63) is 75.2 Å². The fourth-order valence-electron chi connectivity index (χ4n) is 8.08. The number of nitrogens with one attached hydrogen (secondary N) is 2. The van der Waals surface area contributed by atoms with Crippen LogP contribution in [0.3, 0.4) is 0 Å². The minimum atomic E-state index is -0.476. The van der Waals surface area contributed by atoms with Gasteiger partial charge < -0.3 is 33.4 Å². The van der Waals surface area contributed by atoms with E-state index in [4.69, 9.17) is 40.2 Å². The number of anilines is 2. The summed E-state index contributed by atoms with van der Waals surface area (Å²) >= 11 is 6.26. The summed E-state index contributed by atoms with van der Waals surface area (Å²) in [4.78, 5) is 26.0. The van der Waals surface area contributed by atoms with Gasteiger partial charge in [0.25, 0.3) is 0 Å². The van der Waals surface area contributed by atoms with E-state index in [1.807, 2.05) is 36.7 Å². The molecule has 65 heavy (non-hydrogen) atoms. The summed E-state index contributed by atoms with van der Waals surface area (Å²) in [5.74, 6) is 4.03. The van der Waals surface area contributed by atoms with E-state index >= 15 is 8.78 Å². The van der Waals surface area contributed by atoms with Crippen LogP contribution in [0.4, 0.5) is 20.4 Å². The summed E-state index contributed by atoms with van der Waals surface area (Å²) in [5, 5.41) is 15.3. The molecule has 7 heterocycles. The maximum Gasteiger partial charge on any atom is 0.159 e. The van der Waals surface area contributed by atoms with E-state index in [2.05, 4.69) is 41.3 Å². The van der Waals surface area contributed by atoms with Crippen LogP contribution in [-0.2, 0) is 126 Å². The second-order valence-electron chi connectivity index (χ2n) is 15.0. The molecule has 10 rings (SSSR count). The molecule has 0 bridgehead atoms. The third-order valence-corrected chi connectivity index (χ3v) is 11.3. The number of benzene rings is 2. The molecule has 0 unspecified atom stereocenters. The number of hydrogen-bond acceptors (Lipinski definition) is 12. The number of ether oxygens (including phenoxy) is 2. The molecule has 1 aliphatic carbocycles. The van der Waals surface area contributed by atoms with Crippen molar-refractivity contribution >= 4 is 67.1 Å². The molecule has 0 saturated heterocycles. The Morgan fingerprint density at radius 3 is 1.63 bits per heavy atom. The van der Waals surface area contributed by atoms with Gasteiger partial charge in [-0.05, 0) is 66.5 Å². The smallest absolute Gasteiger partial charge is 0.159 e. The molecule has 1 aliphatic rings. The number of halogens is 3. The summed E-state index contributed by atoms with van der Waals surface area (Å²) in [5.41, 5.74) is 5.66. The van der Waals surface area contributed by atoms with E-state index in [0.29, 0.717) is 118 Å². The van der Waals surface area contributed by atoms with Crippen LogP contribution < -0.4 is 14.4 Å². The van der Waals surface area contributed by atoms with Crippen LogP contribution in [0, 0.1) is 53.2 Å². The second-order valence-corrected chi connectivity index (χ2v) is 15.4. The van der Waals surface area contributed by atoms with Gasteiger partial charge in [-0.25, -0.2) is 28.7 Å². The SMILES string of the molecule is C.COc1cc2c([nH]c3nc(C)nc(Cl)c32)c(F)c1-c1c(C)noc1C.COc1cc2c([nH]c3nc(C)nc(N(C)c4cc(C5CC5)nn4C)c32)c(F)c1-c1c(C)noc1C.[Pd].[Y].[Y].[Y]. The van der Waals surface area contributed by atoms with Crippen LogP contribution in [0.1, 0.15) is 66.4 Å². The molecule has 0 amide bonds. The predicted octanol–water partition coefficient (Wildman–Crippen LogP) is 10.3. The van der Waals surface area contributed by atoms with Gasteiger partial charge in [-0.15, -0.1) is 0 Å². The van der Waals surface area contributed by atoms with Crippen molar-refractivity contribution in [2.45, 2.75) is 67.7 Å². The number of fused-ring (bicyclic) bond motifs is 6. The normalized spacial score (nSPS) is 11.9. The molecule has 0 atom stereocenters. The molecule has 22 heteroatoms. The minimum Gasteiger partial charge on any atom is -0.496 e. The van der Waals surface area contributed by atoms with Gasteiger partial charge >= 0.3 is 0 Å². The topological polar surface area (TPSA) is 175 Å². The molecular weight excluding hydrogens is 1180 g/mol. The molecule has 2 aromatic carbocycles. The maximum atomic E-state index is 16.1. The monoisotopic (exact) mass is 1220 g/mol. The number of H-pyrrole nitrogens is 2. The van der Waals surface area contributed by atoms with Gasteiger partial charge in [0.2, 0.25) is 0 Å². The largest absolute Gasteiger partial charge is 0.496 e. The molecule has 335 valence electrons. The number of aromatic nitrogens is 10. The first-order valence-corrected chi connectivity index (χ1v) is 19.5. The molecule has 0 spiro atoms. The van der Waals surface area contributed by atoms with E-state index in [1.54, 1.807) is 40.7 Å². The zero-order valence-electron chi connectivity index (χ0n) is 36.6. The first-order chi connectivity index (χ1) is 28.7. The Balaban J connectivity index is 0.000000277. The molecule has 9 aromatic rings. The Morgan fingerprint density at radius 2 is 1.18 bits per heavy atom. The molecule has 2 N–H and O–H groups in total. The van der Waals surface area contributed by atoms with Gasteiger partial charge in [0.1, 0.15) is 62.8 Å². The molecule has 1 fully saturated rings. The Morgan fingerprint density at radius 1 is 0.723 bits per heavy atom. The van der Waals surface area contributed by atoms with Crippen molar-refractivity contribution in [1.82, 2.24) is 50.0 Å². The summed E-state index contributed by atoms with van der Waals surface area (Å²) in [6, 6.07) is 5.66. The number of aryl methyl sites for hydroxylation is 7. The van der Waals surface area contributed by atoms with E-state index in [1.165, 1.54) is 27.1 Å². The summed E-state index contributed by atoms with van der Waals surface area (Å²) in [7, 11) is 6.88. The van der Waals surface area contributed by atoms with E-state index in [9.17, 15) is 0 Å². The second kappa shape index (κ2) is 21.3. The zero-order valence-corrected chi connectivity index (χ0v) is 47.4. The fraction of sp³-hybridized carbons (Fsp3) is 0.326. The quantitative estimate of drug-likeness (QED) is 0.114. The summed E-state index contributed by atoms with van der Waals surface area (Å²) < 4.78 is 55.0. The molecule has 1 saturated carbocycles. The minimum absolute atomic E-state index is 0. The van der Waals surface area contributed by atoms with Crippen molar-refractivity contribution in [1.29, 1.82) is 0 Å². The van der Waals surface area contributed by atoms with Gasteiger partial charge in [-0.2, -0.15) is 5.10 Å². The first kappa shape index (κ1) is 55.0. The van der Waals surface area contributed by atoms with Crippen molar-refractivity contribution in [3.8, 4) is 33.8 Å².